The highest BCUT2D eigenvalue weighted by Crippen LogP contribution is 2.34. The molecule has 0 unspecified atom stereocenters. The van der Waals surface area contributed by atoms with Gasteiger partial charge in [-0.15, -0.1) is 0 Å². The van der Waals surface area contributed by atoms with Crippen LogP contribution in [0.15, 0.2) is 48.5 Å². The Morgan fingerprint density at radius 3 is 2.29 bits per heavy atom. The van der Waals surface area contributed by atoms with Crippen LogP contribution in [0.2, 0.25) is 0 Å². The lowest BCUT2D eigenvalue weighted by Crippen LogP contribution is -2.24. The van der Waals surface area contributed by atoms with Gasteiger partial charge in [0.25, 0.3) is 0 Å². The van der Waals surface area contributed by atoms with E-state index in [1.807, 2.05) is 35.2 Å². The topological polar surface area (TPSA) is 47.4 Å². The van der Waals surface area contributed by atoms with Crippen LogP contribution in [-0.4, -0.2) is 29.1 Å². The number of carbonyl (C=O) groups excluding carboxylic acids is 1. The Morgan fingerprint density at radius 2 is 1.59 bits per heavy atom. The fourth-order valence-corrected chi connectivity index (χ4v) is 5.11. The molecular weight excluding hydrogens is 422 g/mol. The van der Waals surface area contributed by atoms with Gasteiger partial charge in [-0.05, 0) is 42.8 Å². The van der Waals surface area contributed by atoms with Gasteiger partial charge in [0.1, 0.15) is 11.6 Å². The van der Waals surface area contributed by atoms with Crippen molar-refractivity contribution in [2.45, 2.75) is 83.6 Å². The molecule has 4 rings (SSSR count). The molecule has 2 aromatic carbocycles. The summed E-state index contributed by atoms with van der Waals surface area (Å²) in [4.78, 5) is 19.8. The van der Waals surface area contributed by atoms with E-state index in [4.69, 9.17) is 9.72 Å². The normalized spacial score (nSPS) is 16.0. The molecule has 1 atom stereocenters. The van der Waals surface area contributed by atoms with E-state index in [9.17, 15) is 4.79 Å². The first-order valence-electron chi connectivity index (χ1n) is 13.1. The van der Waals surface area contributed by atoms with E-state index in [2.05, 4.69) is 29.7 Å². The average molecular weight is 462 g/mol. The Hall–Kier alpha value is -2.82. The van der Waals surface area contributed by atoms with Gasteiger partial charge < -0.3 is 14.2 Å². The number of amides is 1. The van der Waals surface area contributed by atoms with Crippen LogP contribution in [0.1, 0.15) is 82.9 Å². The molecular formula is C29H39N3O2. The van der Waals surface area contributed by atoms with E-state index >= 15 is 0 Å². The molecule has 1 aromatic heterocycles. The number of carbonyl (C=O) groups is 1. The second kappa shape index (κ2) is 12.0. The maximum atomic E-state index is 12.9. The first-order valence-corrected chi connectivity index (χ1v) is 13.1. The maximum Gasteiger partial charge on any atom is 0.227 e. The Kier molecular flexibility index (Phi) is 8.62. The Labute approximate surface area is 204 Å². The van der Waals surface area contributed by atoms with Crippen LogP contribution in [0.25, 0.3) is 11.0 Å². The number of hydrogen-bond acceptors (Lipinski definition) is 3. The summed E-state index contributed by atoms with van der Waals surface area (Å²) in [5, 5.41) is 0. The number of rotatable bonds is 13. The lowest BCUT2D eigenvalue weighted by atomic mass is 10.1. The first kappa shape index (κ1) is 24.3. The third-order valence-electron chi connectivity index (χ3n) is 7.04. The number of methoxy groups -OCH3 is 1. The maximum absolute atomic E-state index is 12.9. The van der Waals surface area contributed by atoms with Crippen LogP contribution in [0.5, 0.6) is 5.75 Å². The van der Waals surface area contributed by atoms with E-state index in [0.29, 0.717) is 13.0 Å². The van der Waals surface area contributed by atoms with Crippen LogP contribution in [-0.2, 0) is 11.3 Å². The zero-order valence-electron chi connectivity index (χ0n) is 20.8. The first-order chi connectivity index (χ1) is 16.7. The predicted octanol–water partition coefficient (Wildman–Crippen LogP) is 7.10. The molecule has 34 heavy (non-hydrogen) atoms. The number of hydrogen-bond donors (Lipinski definition) is 0. The van der Waals surface area contributed by atoms with Crippen molar-refractivity contribution in [3.05, 3.63) is 54.4 Å². The molecule has 1 aliphatic rings. The van der Waals surface area contributed by atoms with Gasteiger partial charge in [-0.3, -0.25) is 4.79 Å². The van der Waals surface area contributed by atoms with Crippen molar-refractivity contribution >= 4 is 22.6 Å². The largest absolute Gasteiger partial charge is 0.497 e. The SMILES string of the molecule is CCCCCCCCCCCn1c([C@H]2CC(=O)N(c3ccc(OC)cc3)C2)nc2ccccc21. The highest BCUT2D eigenvalue weighted by atomic mass is 16.5. The Morgan fingerprint density at radius 1 is 0.912 bits per heavy atom. The summed E-state index contributed by atoms with van der Waals surface area (Å²) in [6.45, 7) is 3.91. The molecule has 1 aliphatic heterocycles. The fraction of sp³-hybridized carbons (Fsp3) is 0.517. The second-order valence-corrected chi connectivity index (χ2v) is 9.54. The number of ether oxygens (including phenoxy) is 1. The van der Waals surface area contributed by atoms with Gasteiger partial charge in [0.05, 0.1) is 18.1 Å². The molecule has 1 fully saturated rings. The summed E-state index contributed by atoms with van der Waals surface area (Å²) in [6.07, 6.45) is 12.4. The number of para-hydroxylation sites is 2. The van der Waals surface area contributed by atoms with Gasteiger partial charge in [0.2, 0.25) is 5.91 Å². The molecule has 0 bridgehead atoms. The van der Waals surface area contributed by atoms with Gasteiger partial charge >= 0.3 is 0 Å². The lowest BCUT2D eigenvalue weighted by Gasteiger charge is -2.18. The standard InChI is InChI=1S/C29H39N3O2/c1-3-4-5-6-7-8-9-10-13-20-31-27-15-12-11-14-26(27)30-29(31)23-21-28(33)32(22-23)24-16-18-25(34-2)19-17-24/h11-12,14-19,23H,3-10,13,20-22H2,1-2H3/t23-/m0/s1. The Bertz CT molecular complexity index is 1060. The number of unbranched alkanes of at least 4 members (excludes halogenated alkanes) is 8. The van der Waals surface area contributed by atoms with Crippen LogP contribution < -0.4 is 9.64 Å². The summed E-state index contributed by atoms with van der Waals surface area (Å²) in [5.74, 6) is 2.14. The van der Waals surface area contributed by atoms with Crippen LogP contribution in [0, 0.1) is 0 Å². The van der Waals surface area contributed by atoms with Crippen molar-refractivity contribution in [2.24, 2.45) is 0 Å². The highest BCUT2D eigenvalue weighted by Gasteiger charge is 2.34. The fourth-order valence-electron chi connectivity index (χ4n) is 5.11. The summed E-state index contributed by atoms with van der Waals surface area (Å²) >= 11 is 0. The van der Waals surface area contributed by atoms with Crippen LogP contribution in [0.3, 0.4) is 0 Å². The molecule has 3 aromatic rings. The smallest absolute Gasteiger partial charge is 0.227 e. The Balaban J connectivity index is 1.40. The zero-order chi connectivity index (χ0) is 23.8. The molecule has 182 valence electrons. The van der Waals surface area contributed by atoms with E-state index in [1.165, 1.54) is 56.9 Å². The monoisotopic (exact) mass is 461 g/mol. The van der Waals surface area contributed by atoms with Gasteiger partial charge in [-0.1, -0.05) is 70.4 Å². The highest BCUT2D eigenvalue weighted by molar-refractivity contribution is 5.96. The van der Waals surface area contributed by atoms with E-state index < -0.39 is 0 Å². The molecule has 2 heterocycles. The van der Waals surface area contributed by atoms with Crippen molar-refractivity contribution < 1.29 is 9.53 Å². The summed E-state index contributed by atoms with van der Waals surface area (Å²) in [6, 6.07) is 16.1. The van der Waals surface area contributed by atoms with Crippen molar-refractivity contribution in [3.8, 4) is 5.75 Å². The minimum atomic E-state index is 0.112. The molecule has 5 heteroatoms. The van der Waals surface area contributed by atoms with E-state index in [1.54, 1.807) is 7.11 Å². The molecule has 5 nitrogen and oxygen atoms in total. The molecule has 0 spiro atoms. The van der Waals surface area contributed by atoms with Gasteiger partial charge in [-0.25, -0.2) is 4.98 Å². The van der Waals surface area contributed by atoms with E-state index in [-0.39, 0.29) is 11.8 Å². The number of anilines is 1. The number of aromatic nitrogens is 2. The van der Waals surface area contributed by atoms with Gasteiger partial charge in [0.15, 0.2) is 0 Å². The molecule has 1 amide bonds. The van der Waals surface area contributed by atoms with Crippen molar-refractivity contribution in [1.82, 2.24) is 9.55 Å². The summed E-state index contributed by atoms with van der Waals surface area (Å²) < 4.78 is 7.65. The van der Waals surface area contributed by atoms with E-state index in [0.717, 1.165) is 35.7 Å². The molecule has 0 radical (unpaired) electrons. The van der Waals surface area contributed by atoms with Crippen LogP contribution in [0.4, 0.5) is 5.69 Å². The predicted molar refractivity (Wildman–Crippen MR) is 140 cm³/mol. The number of benzene rings is 2. The number of nitrogens with zero attached hydrogens (tertiary/aromatic N) is 3. The van der Waals surface area contributed by atoms with Crippen molar-refractivity contribution in [3.63, 3.8) is 0 Å². The molecule has 1 saturated heterocycles. The number of imidazole rings is 1. The quantitative estimate of drug-likeness (QED) is 0.255. The number of fused-ring (bicyclic) bond motifs is 1. The summed E-state index contributed by atoms with van der Waals surface area (Å²) in [7, 11) is 1.66. The van der Waals surface area contributed by atoms with Gasteiger partial charge in [-0.2, -0.15) is 0 Å². The van der Waals surface area contributed by atoms with Crippen molar-refractivity contribution in [1.29, 1.82) is 0 Å². The average Bonchev–Trinajstić information content (AvgIpc) is 3.43. The second-order valence-electron chi connectivity index (χ2n) is 9.54. The minimum absolute atomic E-state index is 0.112. The number of aryl methyl sites for hydroxylation is 1. The minimum Gasteiger partial charge on any atom is -0.497 e. The zero-order valence-corrected chi connectivity index (χ0v) is 20.8. The third kappa shape index (κ3) is 5.81. The summed E-state index contributed by atoms with van der Waals surface area (Å²) in [5.41, 5.74) is 3.14. The molecule has 0 aliphatic carbocycles. The molecule has 0 N–H and O–H groups in total. The lowest BCUT2D eigenvalue weighted by molar-refractivity contribution is -0.117. The van der Waals surface area contributed by atoms with Crippen molar-refractivity contribution in [2.75, 3.05) is 18.6 Å². The third-order valence-corrected chi connectivity index (χ3v) is 7.04. The van der Waals surface area contributed by atoms with Gasteiger partial charge in [0, 0.05) is 31.1 Å². The molecule has 0 saturated carbocycles. The van der Waals surface area contributed by atoms with Crippen LogP contribution >= 0.6 is 0 Å².